The van der Waals surface area contributed by atoms with E-state index in [1.54, 1.807) is 0 Å². The second kappa shape index (κ2) is 5.84. The summed E-state index contributed by atoms with van der Waals surface area (Å²) >= 11 is 0. The molecular formula is C24H26N+. The van der Waals surface area contributed by atoms with Gasteiger partial charge in [-0.1, -0.05) is 50.2 Å². The van der Waals surface area contributed by atoms with Gasteiger partial charge in [-0.25, -0.2) is 4.57 Å². The number of hydrogen-bond acceptors (Lipinski definition) is 0. The van der Waals surface area contributed by atoms with E-state index in [2.05, 4.69) is 88.0 Å². The van der Waals surface area contributed by atoms with Gasteiger partial charge in [-0.3, -0.25) is 0 Å². The average Bonchev–Trinajstić information content (AvgIpc) is 2.95. The zero-order valence-corrected chi connectivity index (χ0v) is 15.9. The molecule has 0 N–H and O–H groups in total. The van der Waals surface area contributed by atoms with E-state index in [0.29, 0.717) is 5.92 Å². The fourth-order valence-electron chi connectivity index (χ4n) is 4.31. The number of nitrogens with zero attached hydrogens (tertiary/aromatic N) is 1. The Bertz CT molecular complexity index is 980. The van der Waals surface area contributed by atoms with E-state index in [4.69, 9.17) is 0 Å². The van der Waals surface area contributed by atoms with Gasteiger partial charge in [0, 0.05) is 11.6 Å². The molecule has 1 aromatic heterocycles. The maximum Gasteiger partial charge on any atom is 0.213 e. The lowest BCUT2D eigenvalue weighted by Gasteiger charge is -2.14. The molecule has 0 saturated carbocycles. The van der Waals surface area contributed by atoms with Gasteiger partial charge in [-0.2, -0.15) is 0 Å². The largest absolute Gasteiger partial charge is 0.213 e. The van der Waals surface area contributed by atoms with E-state index < -0.39 is 0 Å². The van der Waals surface area contributed by atoms with Gasteiger partial charge in [0.2, 0.25) is 5.69 Å². The molecule has 0 fully saturated rings. The van der Waals surface area contributed by atoms with E-state index in [0.717, 1.165) is 6.42 Å². The zero-order chi connectivity index (χ0) is 17.7. The van der Waals surface area contributed by atoms with Crippen molar-refractivity contribution in [1.82, 2.24) is 0 Å². The second-order valence-corrected chi connectivity index (χ2v) is 7.68. The molecule has 0 amide bonds. The van der Waals surface area contributed by atoms with Crippen molar-refractivity contribution >= 4 is 0 Å². The summed E-state index contributed by atoms with van der Waals surface area (Å²) < 4.78 is 2.31. The minimum absolute atomic E-state index is 0.548. The van der Waals surface area contributed by atoms with Crippen LogP contribution < -0.4 is 4.57 Å². The molecular weight excluding hydrogens is 302 g/mol. The van der Waals surface area contributed by atoms with Gasteiger partial charge in [-0.05, 0) is 59.6 Å². The van der Waals surface area contributed by atoms with Crippen molar-refractivity contribution in [2.45, 2.75) is 40.0 Å². The molecule has 0 radical (unpaired) electrons. The van der Waals surface area contributed by atoms with Gasteiger partial charge in [0.05, 0.1) is 5.56 Å². The SMILES string of the molecule is Cc1cc(-c2c(C)ccc3c2Cc2ccccc2-3)[n+](C)cc1C(C)C. The van der Waals surface area contributed by atoms with Crippen LogP contribution in [0.5, 0.6) is 0 Å². The summed E-state index contributed by atoms with van der Waals surface area (Å²) in [5.41, 5.74) is 12.6. The predicted octanol–water partition coefficient (Wildman–Crippen LogP) is 5.49. The van der Waals surface area contributed by atoms with Crippen LogP contribution in [-0.4, -0.2) is 0 Å². The number of hydrogen-bond donors (Lipinski definition) is 0. The van der Waals surface area contributed by atoms with E-state index in [9.17, 15) is 0 Å². The quantitative estimate of drug-likeness (QED) is 0.428. The van der Waals surface area contributed by atoms with Crippen LogP contribution in [0, 0.1) is 13.8 Å². The Morgan fingerprint density at radius 3 is 2.44 bits per heavy atom. The molecule has 1 aliphatic rings. The average molecular weight is 328 g/mol. The van der Waals surface area contributed by atoms with Crippen LogP contribution in [0.4, 0.5) is 0 Å². The van der Waals surface area contributed by atoms with E-state index in [-0.39, 0.29) is 0 Å². The molecule has 1 aliphatic carbocycles. The molecule has 0 atom stereocenters. The van der Waals surface area contributed by atoms with Gasteiger partial charge in [-0.15, -0.1) is 0 Å². The van der Waals surface area contributed by atoms with E-state index in [1.807, 2.05) is 0 Å². The van der Waals surface area contributed by atoms with Crippen LogP contribution >= 0.6 is 0 Å². The highest BCUT2D eigenvalue weighted by Crippen LogP contribution is 2.42. The first-order chi connectivity index (χ1) is 12.0. The lowest BCUT2D eigenvalue weighted by molar-refractivity contribution is -0.661. The summed E-state index contributed by atoms with van der Waals surface area (Å²) in [4.78, 5) is 0. The molecule has 3 aromatic rings. The van der Waals surface area contributed by atoms with Gasteiger partial charge in [0.15, 0.2) is 6.20 Å². The number of rotatable bonds is 2. The third-order valence-electron chi connectivity index (χ3n) is 5.60. The molecule has 1 heterocycles. The lowest BCUT2D eigenvalue weighted by atomic mass is 9.92. The Kier molecular flexibility index (Phi) is 3.76. The second-order valence-electron chi connectivity index (χ2n) is 7.68. The molecule has 0 unspecified atom stereocenters. The minimum atomic E-state index is 0.548. The molecule has 1 heteroatoms. The van der Waals surface area contributed by atoms with Crippen molar-refractivity contribution in [3.05, 3.63) is 76.5 Å². The minimum Gasteiger partial charge on any atom is -0.201 e. The van der Waals surface area contributed by atoms with Crippen LogP contribution in [0.3, 0.4) is 0 Å². The summed E-state index contributed by atoms with van der Waals surface area (Å²) in [6.07, 6.45) is 3.35. The van der Waals surface area contributed by atoms with Crippen LogP contribution in [0.15, 0.2) is 48.7 Å². The number of benzene rings is 2. The summed E-state index contributed by atoms with van der Waals surface area (Å²) in [6, 6.07) is 15.8. The molecule has 126 valence electrons. The molecule has 1 nitrogen and oxygen atoms in total. The predicted molar refractivity (Wildman–Crippen MR) is 105 cm³/mol. The summed E-state index contributed by atoms with van der Waals surface area (Å²) in [6.45, 7) is 9.02. The topological polar surface area (TPSA) is 3.88 Å². The summed E-state index contributed by atoms with van der Waals surface area (Å²) in [5, 5.41) is 0. The third-order valence-corrected chi connectivity index (χ3v) is 5.60. The van der Waals surface area contributed by atoms with Crippen LogP contribution in [-0.2, 0) is 13.5 Å². The molecule has 2 aromatic carbocycles. The molecule has 0 spiro atoms. The molecule has 0 saturated heterocycles. The van der Waals surface area contributed by atoms with E-state index >= 15 is 0 Å². The highest BCUT2D eigenvalue weighted by Gasteiger charge is 2.26. The maximum absolute atomic E-state index is 2.38. The molecule has 4 rings (SSSR count). The molecule has 0 bridgehead atoms. The Hall–Kier alpha value is -2.41. The van der Waals surface area contributed by atoms with Gasteiger partial charge in [0.25, 0.3) is 0 Å². The Morgan fingerprint density at radius 1 is 0.920 bits per heavy atom. The van der Waals surface area contributed by atoms with Gasteiger partial charge < -0.3 is 0 Å². The first-order valence-corrected chi connectivity index (χ1v) is 9.18. The summed E-state index contributed by atoms with van der Waals surface area (Å²) in [7, 11) is 2.18. The van der Waals surface area contributed by atoms with Crippen LogP contribution in [0.25, 0.3) is 22.4 Å². The summed E-state index contributed by atoms with van der Waals surface area (Å²) in [5.74, 6) is 0.548. The number of aryl methyl sites for hydroxylation is 3. The normalized spacial score (nSPS) is 12.4. The fraction of sp³-hybridized carbons (Fsp3) is 0.292. The molecule has 25 heavy (non-hydrogen) atoms. The first kappa shape index (κ1) is 16.1. The maximum atomic E-state index is 2.38. The van der Waals surface area contributed by atoms with Gasteiger partial charge >= 0.3 is 0 Å². The van der Waals surface area contributed by atoms with Crippen molar-refractivity contribution in [2.75, 3.05) is 0 Å². The highest BCUT2D eigenvalue weighted by molar-refractivity contribution is 5.84. The Morgan fingerprint density at radius 2 is 1.68 bits per heavy atom. The van der Waals surface area contributed by atoms with E-state index in [1.165, 1.54) is 50.2 Å². The number of pyridine rings is 1. The molecule has 0 aliphatic heterocycles. The van der Waals surface area contributed by atoms with Crippen LogP contribution in [0.1, 0.15) is 47.6 Å². The van der Waals surface area contributed by atoms with Crippen molar-refractivity contribution in [3.8, 4) is 22.4 Å². The third kappa shape index (κ3) is 2.50. The fourth-order valence-corrected chi connectivity index (χ4v) is 4.31. The Labute approximate surface area is 151 Å². The van der Waals surface area contributed by atoms with Crippen LogP contribution in [0.2, 0.25) is 0 Å². The van der Waals surface area contributed by atoms with Crippen molar-refractivity contribution in [3.63, 3.8) is 0 Å². The standard InChI is InChI=1S/C24H26N/c1-15(2)22-14-25(5)23(12-17(22)4)24-16(3)10-11-20-19-9-7-6-8-18(19)13-21(20)24/h6-12,14-15H,13H2,1-5H3/q+1. The highest BCUT2D eigenvalue weighted by atomic mass is 14.9. The zero-order valence-electron chi connectivity index (χ0n) is 15.9. The lowest BCUT2D eigenvalue weighted by Crippen LogP contribution is -2.32. The van der Waals surface area contributed by atoms with Gasteiger partial charge in [0.1, 0.15) is 7.05 Å². The Balaban J connectivity index is 1.96. The number of fused-ring (bicyclic) bond motifs is 3. The first-order valence-electron chi connectivity index (χ1n) is 9.18. The van der Waals surface area contributed by atoms with Crippen molar-refractivity contribution < 1.29 is 4.57 Å². The van der Waals surface area contributed by atoms with Crippen molar-refractivity contribution in [1.29, 1.82) is 0 Å². The number of aromatic nitrogens is 1. The smallest absolute Gasteiger partial charge is 0.201 e. The van der Waals surface area contributed by atoms with Crippen molar-refractivity contribution in [2.24, 2.45) is 7.05 Å². The monoisotopic (exact) mass is 328 g/mol.